The van der Waals surface area contributed by atoms with Crippen molar-refractivity contribution in [2.45, 2.75) is 6.42 Å². The van der Waals surface area contributed by atoms with E-state index in [1.165, 1.54) is 0 Å². The average molecular weight is 322 g/mol. The number of nitrogens with one attached hydrogen (secondary N) is 1. The van der Waals surface area contributed by atoms with E-state index >= 15 is 0 Å². The third kappa shape index (κ3) is 3.40. The largest absolute Gasteiger partial charge is 0.330 e. The lowest BCUT2D eigenvalue weighted by atomic mass is 10.3. The first-order chi connectivity index (χ1) is 6.63. The van der Waals surface area contributed by atoms with E-state index in [4.69, 9.17) is 5.73 Å². The molecular weight excluding hydrogens is 312 g/mol. The van der Waals surface area contributed by atoms with Gasteiger partial charge < -0.3 is 11.1 Å². The van der Waals surface area contributed by atoms with Crippen LogP contribution in [0, 0.1) is 0 Å². The molecule has 0 spiro atoms. The fourth-order valence-corrected chi connectivity index (χ4v) is 2.08. The summed E-state index contributed by atoms with van der Waals surface area (Å²) in [6.45, 7) is 0.361. The predicted molar refractivity (Wildman–Crippen MR) is 64.1 cm³/mol. The second-order valence-corrected chi connectivity index (χ2v) is 4.48. The Morgan fingerprint density at radius 2 is 2.14 bits per heavy atom. The second kappa shape index (κ2) is 5.48. The maximum absolute atomic E-state index is 11.2. The van der Waals surface area contributed by atoms with E-state index in [0.29, 0.717) is 13.0 Å². The molecule has 0 aliphatic heterocycles. The molecule has 5 heteroatoms. The number of nitrogens with two attached hydrogens (primary N) is 1. The molecule has 14 heavy (non-hydrogen) atoms. The number of hydrogen-bond donors (Lipinski definition) is 2. The first kappa shape index (κ1) is 11.7. The van der Waals surface area contributed by atoms with Crippen LogP contribution >= 0.6 is 31.9 Å². The van der Waals surface area contributed by atoms with Gasteiger partial charge in [0.2, 0.25) is 5.91 Å². The molecule has 0 saturated heterocycles. The Morgan fingerprint density at radius 1 is 1.43 bits per heavy atom. The minimum Gasteiger partial charge on any atom is -0.330 e. The number of rotatable bonds is 3. The minimum atomic E-state index is -0.0736. The standard InChI is InChI=1S/C9H10Br2N2O/c10-6-1-2-8(7(11)5-6)13-9(14)3-4-12/h1-2,5H,3-4,12H2,(H,13,14). The molecule has 3 N–H and O–H groups in total. The van der Waals surface area contributed by atoms with Crippen LogP contribution in [0.5, 0.6) is 0 Å². The van der Waals surface area contributed by atoms with Crippen molar-refractivity contribution >= 4 is 43.5 Å². The molecule has 76 valence electrons. The van der Waals surface area contributed by atoms with Crippen molar-refractivity contribution in [1.29, 1.82) is 0 Å². The van der Waals surface area contributed by atoms with Crippen LogP contribution in [-0.2, 0) is 4.79 Å². The molecule has 1 rings (SSSR count). The lowest BCUT2D eigenvalue weighted by molar-refractivity contribution is -0.116. The SMILES string of the molecule is NCCC(=O)Nc1ccc(Br)cc1Br. The van der Waals surface area contributed by atoms with Crippen molar-refractivity contribution < 1.29 is 4.79 Å². The van der Waals surface area contributed by atoms with Crippen LogP contribution in [0.25, 0.3) is 0 Å². The Hall–Kier alpha value is -0.390. The molecule has 1 amide bonds. The highest BCUT2D eigenvalue weighted by molar-refractivity contribution is 9.11. The van der Waals surface area contributed by atoms with E-state index in [2.05, 4.69) is 37.2 Å². The van der Waals surface area contributed by atoms with Crippen LogP contribution in [0.15, 0.2) is 27.1 Å². The summed E-state index contributed by atoms with van der Waals surface area (Å²) < 4.78 is 1.80. The number of hydrogen-bond acceptors (Lipinski definition) is 2. The number of carbonyl (C=O) groups excluding carboxylic acids is 1. The van der Waals surface area contributed by atoms with Crippen molar-refractivity contribution in [2.24, 2.45) is 5.73 Å². The van der Waals surface area contributed by atoms with Gasteiger partial charge in [-0.3, -0.25) is 4.79 Å². The van der Waals surface area contributed by atoms with Gasteiger partial charge in [-0.2, -0.15) is 0 Å². The Balaban J connectivity index is 2.72. The molecule has 0 atom stereocenters. The summed E-state index contributed by atoms with van der Waals surface area (Å²) in [6, 6.07) is 5.56. The molecule has 0 aromatic heterocycles. The van der Waals surface area contributed by atoms with Gasteiger partial charge in [0.15, 0.2) is 0 Å². The van der Waals surface area contributed by atoms with Crippen LogP contribution in [-0.4, -0.2) is 12.5 Å². The zero-order chi connectivity index (χ0) is 10.6. The molecule has 0 saturated carbocycles. The molecule has 0 aliphatic carbocycles. The van der Waals surface area contributed by atoms with Gasteiger partial charge in [-0.25, -0.2) is 0 Å². The molecule has 0 bridgehead atoms. The number of halogens is 2. The van der Waals surface area contributed by atoms with Crippen LogP contribution in [0.4, 0.5) is 5.69 Å². The molecule has 0 fully saturated rings. The van der Waals surface area contributed by atoms with Gasteiger partial charge >= 0.3 is 0 Å². The summed E-state index contributed by atoms with van der Waals surface area (Å²) in [4.78, 5) is 11.2. The lowest BCUT2D eigenvalue weighted by Crippen LogP contribution is -2.16. The Bertz CT molecular complexity index is 342. The fraction of sp³-hybridized carbons (Fsp3) is 0.222. The highest BCUT2D eigenvalue weighted by Crippen LogP contribution is 2.26. The van der Waals surface area contributed by atoms with Crippen molar-refractivity contribution in [3.05, 3.63) is 27.1 Å². The van der Waals surface area contributed by atoms with Gasteiger partial charge in [0.1, 0.15) is 0 Å². The smallest absolute Gasteiger partial charge is 0.225 e. The van der Waals surface area contributed by atoms with E-state index in [9.17, 15) is 4.79 Å². The van der Waals surface area contributed by atoms with Crippen LogP contribution in [0.1, 0.15) is 6.42 Å². The van der Waals surface area contributed by atoms with Crippen LogP contribution in [0.2, 0.25) is 0 Å². The molecule has 1 aromatic rings. The zero-order valence-corrected chi connectivity index (χ0v) is 10.6. The van der Waals surface area contributed by atoms with E-state index in [0.717, 1.165) is 14.6 Å². The molecule has 3 nitrogen and oxygen atoms in total. The van der Waals surface area contributed by atoms with Crippen LogP contribution in [0.3, 0.4) is 0 Å². The van der Waals surface area contributed by atoms with E-state index in [-0.39, 0.29) is 5.91 Å². The van der Waals surface area contributed by atoms with E-state index < -0.39 is 0 Å². The van der Waals surface area contributed by atoms with Gasteiger partial charge in [0.05, 0.1) is 5.69 Å². The predicted octanol–water partition coefficient (Wildman–Crippen LogP) is 2.50. The summed E-state index contributed by atoms with van der Waals surface area (Å²) in [6.07, 6.45) is 0.336. The fourth-order valence-electron chi connectivity index (χ4n) is 0.935. The normalized spacial score (nSPS) is 9.93. The third-order valence-corrected chi connectivity index (χ3v) is 2.73. The number of carbonyl (C=O) groups is 1. The minimum absolute atomic E-state index is 0.0736. The van der Waals surface area contributed by atoms with E-state index in [1.54, 1.807) is 0 Å². The third-order valence-electron chi connectivity index (χ3n) is 1.58. The summed E-state index contributed by atoms with van der Waals surface area (Å²) in [5, 5.41) is 2.75. The molecule has 1 aromatic carbocycles. The zero-order valence-electron chi connectivity index (χ0n) is 7.39. The van der Waals surface area contributed by atoms with Gasteiger partial charge in [0, 0.05) is 21.9 Å². The maximum Gasteiger partial charge on any atom is 0.225 e. The summed E-state index contributed by atoms with van der Waals surface area (Å²) >= 11 is 6.68. The monoisotopic (exact) mass is 320 g/mol. The highest BCUT2D eigenvalue weighted by atomic mass is 79.9. The summed E-state index contributed by atoms with van der Waals surface area (Å²) in [5.41, 5.74) is 6.02. The molecule has 0 unspecified atom stereocenters. The maximum atomic E-state index is 11.2. The first-order valence-corrected chi connectivity index (χ1v) is 5.67. The van der Waals surface area contributed by atoms with Crippen molar-refractivity contribution in [2.75, 3.05) is 11.9 Å². The highest BCUT2D eigenvalue weighted by Gasteiger charge is 2.04. The number of anilines is 1. The van der Waals surface area contributed by atoms with Gasteiger partial charge in [-0.05, 0) is 34.1 Å². The second-order valence-electron chi connectivity index (χ2n) is 2.71. The first-order valence-electron chi connectivity index (χ1n) is 4.08. The van der Waals surface area contributed by atoms with Crippen molar-refractivity contribution in [1.82, 2.24) is 0 Å². The summed E-state index contributed by atoms with van der Waals surface area (Å²) in [7, 11) is 0. The molecule has 0 heterocycles. The number of benzene rings is 1. The molecule has 0 radical (unpaired) electrons. The Labute approximate surface area is 99.3 Å². The quantitative estimate of drug-likeness (QED) is 0.898. The van der Waals surface area contributed by atoms with Gasteiger partial charge in [-0.1, -0.05) is 15.9 Å². The van der Waals surface area contributed by atoms with E-state index in [1.807, 2.05) is 18.2 Å². The number of amides is 1. The van der Waals surface area contributed by atoms with Crippen molar-refractivity contribution in [3.63, 3.8) is 0 Å². The average Bonchev–Trinajstić information content (AvgIpc) is 2.10. The Kier molecular flexibility index (Phi) is 4.57. The van der Waals surface area contributed by atoms with Gasteiger partial charge in [-0.15, -0.1) is 0 Å². The van der Waals surface area contributed by atoms with Crippen molar-refractivity contribution in [3.8, 4) is 0 Å². The lowest BCUT2D eigenvalue weighted by Gasteiger charge is -2.06. The Morgan fingerprint density at radius 3 is 2.71 bits per heavy atom. The topological polar surface area (TPSA) is 55.1 Å². The molecular formula is C9H10Br2N2O. The van der Waals surface area contributed by atoms with Gasteiger partial charge in [0.25, 0.3) is 0 Å². The summed E-state index contributed by atoms with van der Waals surface area (Å²) in [5.74, 6) is -0.0736. The van der Waals surface area contributed by atoms with Crippen LogP contribution < -0.4 is 11.1 Å². The molecule has 0 aliphatic rings.